The highest BCUT2D eigenvalue weighted by Gasteiger charge is 2.17. The van der Waals surface area contributed by atoms with Crippen LogP contribution in [-0.4, -0.2) is 41.0 Å². The van der Waals surface area contributed by atoms with Crippen LogP contribution in [0.5, 0.6) is 0 Å². The summed E-state index contributed by atoms with van der Waals surface area (Å²) in [6, 6.07) is 7.00. The summed E-state index contributed by atoms with van der Waals surface area (Å²) in [5, 5.41) is 3.45. The topological polar surface area (TPSA) is 44.0 Å². The molecule has 4 heteroatoms. The van der Waals surface area contributed by atoms with Crippen LogP contribution in [0.3, 0.4) is 0 Å². The van der Waals surface area contributed by atoms with E-state index in [9.17, 15) is 0 Å². The molecule has 1 saturated heterocycles. The molecule has 1 aliphatic rings. The molecular formula is C14H20N4. The third-order valence-corrected chi connectivity index (χ3v) is 3.85. The average Bonchev–Trinajstić information content (AvgIpc) is 2.69. The fourth-order valence-corrected chi connectivity index (χ4v) is 2.68. The Balaban J connectivity index is 1.83. The normalized spacial score (nSPS) is 19.8. The third kappa shape index (κ3) is 2.26. The van der Waals surface area contributed by atoms with Crippen molar-refractivity contribution in [3.8, 4) is 0 Å². The minimum Gasteiger partial charge on any atom is -0.345 e. The van der Waals surface area contributed by atoms with Gasteiger partial charge < -0.3 is 10.3 Å². The molecule has 1 atom stereocenters. The first kappa shape index (κ1) is 11.7. The molecule has 0 bridgehead atoms. The first-order valence-corrected chi connectivity index (χ1v) is 6.72. The number of H-pyrrole nitrogens is 1. The van der Waals surface area contributed by atoms with Gasteiger partial charge in [0.1, 0.15) is 0 Å². The van der Waals surface area contributed by atoms with Gasteiger partial charge in [0.05, 0.1) is 17.4 Å². The van der Waals surface area contributed by atoms with Gasteiger partial charge in [-0.05, 0) is 44.1 Å². The lowest BCUT2D eigenvalue weighted by molar-refractivity contribution is 0.225. The summed E-state index contributed by atoms with van der Waals surface area (Å²) in [7, 11) is 0. The fraction of sp³-hybridized carbons (Fsp3) is 0.500. The van der Waals surface area contributed by atoms with Gasteiger partial charge in [-0.3, -0.25) is 4.90 Å². The Kier molecular flexibility index (Phi) is 3.30. The predicted octanol–water partition coefficient (Wildman–Crippen LogP) is 1.92. The summed E-state index contributed by atoms with van der Waals surface area (Å²) >= 11 is 0. The second-order valence-corrected chi connectivity index (χ2v) is 4.99. The second-order valence-electron chi connectivity index (χ2n) is 4.99. The van der Waals surface area contributed by atoms with Gasteiger partial charge >= 0.3 is 0 Å². The summed E-state index contributed by atoms with van der Waals surface area (Å²) in [4.78, 5) is 10.0. The van der Waals surface area contributed by atoms with E-state index in [4.69, 9.17) is 0 Å². The van der Waals surface area contributed by atoms with E-state index in [0.29, 0.717) is 6.04 Å². The van der Waals surface area contributed by atoms with Crippen LogP contribution in [0.25, 0.3) is 11.0 Å². The van der Waals surface area contributed by atoms with Crippen LogP contribution >= 0.6 is 0 Å². The molecule has 0 radical (unpaired) electrons. The summed E-state index contributed by atoms with van der Waals surface area (Å²) < 4.78 is 0. The number of hydrogen-bond acceptors (Lipinski definition) is 3. The molecule has 3 rings (SSSR count). The summed E-state index contributed by atoms with van der Waals surface area (Å²) in [5.41, 5.74) is 3.55. The van der Waals surface area contributed by atoms with Gasteiger partial charge in [-0.15, -0.1) is 0 Å². The van der Waals surface area contributed by atoms with Crippen LogP contribution in [0, 0.1) is 0 Å². The monoisotopic (exact) mass is 244 g/mol. The van der Waals surface area contributed by atoms with Crippen LogP contribution in [0.1, 0.15) is 24.9 Å². The molecular weight excluding hydrogens is 224 g/mol. The van der Waals surface area contributed by atoms with Crippen molar-refractivity contribution in [2.24, 2.45) is 0 Å². The summed E-state index contributed by atoms with van der Waals surface area (Å²) in [6.45, 7) is 6.83. The number of benzene rings is 1. The first-order valence-electron chi connectivity index (χ1n) is 6.72. The zero-order chi connectivity index (χ0) is 12.4. The number of nitrogens with one attached hydrogen (secondary N) is 2. The Morgan fingerprint density at radius 2 is 2.22 bits per heavy atom. The van der Waals surface area contributed by atoms with Gasteiger partial charge in [0.25, 0.3) is 0 Å². The van der Waals surface area contributed by atoms with Gasteiger partial charge in [0.2, 0.25) is 0 Å². The van der Waals surface area contributed by atoms with Gasteiger partial charge in [-0.1, -0.05) is 6.07 Å². The number of rotatable bonds is 2. The number of aromatic nitrogens is 2. The lowest BCUT2D eigenvalue weighted by atomic mass is 10.1. The molecule has 1 aromatic heterocycles. The van der Waals surface area contributed by atoms with E-state index in [1.807, 2.05) is 0 Å². The maximum atomic E-state index is 4.27. The number of aromatic amines is 1. The largest absolute Gasteiger partial charge is 0.345 e. The molecule has 4 nitrogen and oxygen atoms in total. The van der Waals surface area contributed by atoms with E-state index in [0.717, 1.165) is 30.7 Å². The molecule has 1 unspecified atom stereocenters. The molecule has 0 saturated carbocycles. The highest BCUT2D eigenvalue weighted by Crippen LogP contribution is 2.23. The smallest absolute Gasteiger partial charge is 0.0931 e. The Bertz CT molecular complexity index is 511. The molecule has 2 N–H and O–H groups in total. The molecule has 1 aliphatic heterocycles. The molecule has 18 heavy (non-hydrogen) atoms. The van der Waals surface area contributed by atoms with Gasteiger partial charge in [0.15, 0.2) is 0 Å². The molecule has 1 aromatic carbocycles. The van der Waals surface area contributed by atoms with Gasteiger partial charge in [-0.2, -0.15) is 0 Å². The van der Waals surface area contributed by atoms with E-state index >= 15 is 0 Å². The zero-order valence-corrected chi connectivity index (χ0v) is 10.8. The predicted molar refractivity (Wildman–Crippen MR) is 73.6 cm³/mol. The second kappa shape index (κ2) is 5.08. The van der Waals surface area contributed by atoms with E-state index in [1.54, 1.807) is 6.33 Å². The van der Waals surface area contributed by atoms with Crippen molar-refractivity contribution >= 4 is 11.0 Å². The van der Waals surface area contributed by atoms with Crippen molar-refractivity contribution in [3.63, 3.8) is 0 Å². The van der Waals surface area contributed by atoms with E-state index in [2.05, 4.69) is 45.3 Å². The molecule has 2 aromatic rings. The maximum absolute atomic E-state index is 4.27. The van der Waals surface area contributed by atoms with Crippen molar-refractivity contribution in [1.29, 1.82) is 0 Å². The van der Waals surface area contributed by atoms with Crippen LogP contribution in [0.2, 0.25) is 0 Å². The van der Waals surface area contributed by atoms with Crippen LogP contribution in [0.15, 0.2) is 24.5 Å². The quantitative estimate of drug-likeness (QED) is 0.848. The zero-order valence-electron chi connectivity index (χ0n) is 10.8. The molecule has 0 spiro atoms. The SMILES string of the molecule is CC(c1ccc2nc[nH]c2c1)N1CCCNCC1. The fourth-order valence-electron chi connectivity index (χ4n) is 2.68. The van der Waals surface area contributed by atoms with Gasteiger partial charge in [-0.25, -0.2) is 4.98 Å². The average molecular weight is 244 g/mol. The highest BCUT2D eigenvalue weighted by atomic mass is 15.2. The van der Waals surface area contributed by atoms with Crippen LogP contribution < -0.4 is 5.32 Å². The Morgan fingerprint density at radius 3 is 3.17 bits per heavy atom. The maximum Gasteiger partial charge on any atom is 0.0931 e. The van der Waals surface area contributed by atoms with E-state index in [1.165, 1.54) is 18.5 Å². The Morgan fingerprint density at radius 1 is 1.28 bits per heavy atom. The van der Waals surface area contributed by atoms with Crippen molar-refractivity contribution in [1.82, 2.24) is 20.2 Å². The molecule has 2 heterocycles. The standard InChI is InChI=1S/C14H20N4/c1-11(18-7-2-5-15-6-8-18)12-3-4-13-14(9-12)17-10-16-13/h3-4,9-11,15H,2,5-8H2,1H3,(H,16,17). The van der Waals surface area contributed by atoms with E-state index in [-0.39, 0.29) is 0 Å². The van der Waals surface area contributed by atoms with Crippen molar-refractivity contribution in [2.45, 2.75) is 19.4 Å². The van der Waals surface area contributed by atoms with E-state index < -0.39 is 0 Å². The molecule has 96 valence electrons. The van der Waals surface area contributed by atoms with Crippen molar-refractivity contribution in [3.05, 3.63) is 30.1 Å². The minimum atomic E-state index is 0.470. The van der Waals surface area contributed by atoms with Crippen LogP contribution in [0.4, 0.5) is 0 Å². The third-order valence-electron chi connectivity index (χ3n) is 3.85. The number of fused-ring (bicyclic) bond motifs is 1. The summed E-state index contributed by atoms with van der Waals surface area (Å²) in [5.74, 6) is 0. The highest BCUT2D eigenvalue weighted by molar-refractivity contribution is 5.75. The van der Waals surface area contributed by atoms with Crippen molar-refractivity contribution < 1.29 is 0 Å². The molecule has 0 aliphatic carbocycles. The number of hydrogen-bond donors (Lipinski definition) is 2. The number of imidazole rings is 1. The lowest BCUT2D eigenvalue weighted by Crippen LogP contribution is -2.30. The molecule has 1 fully saturated rings. The first-order chi connectivity index (χ1) is 8.84. The minimum absolute atomic E-state index is 0.470. The van der Waals surface area contributed by atoms with Crippen LogP contribution in [-0.2, 0) is 0 Å². The Hall–Kier alpha value is -1.39. The molecule has 0 amide bonds. The van der Waals surface area contributed by atoms with Gasteiger partial charge in [0, 0.05) is 19.1 Å². The summed E-state index contributed by atoms with van der Waals surface area (Å²) in [6.07, 6.45) is 2.99. The lowest BCUT2D eigenvalue weighted by Gasteiger charge is -2.27. The van der Waals surface area contributed by atoms with Crippen molar-refractivity contribution in [2.75, 3.05) is 26.2 Å². The number of nitrogens with zero attached hydrogens (tertiary/aromatic N) is 2. The Labute approximate surface area is 107 Å².